The van der Waals surface area contributed by atoms with E-state index in [9.17, 15) is 18.4 Å². The summed E-state index contributed by atoms with van der Waals surface area (Å²) < 4.78 is 35.2. The minimum atomic E-state index is -0.876. The van der Waals surface area contributed by atoms with Crippen molar-refractivity contribution in [2.45, 2.75) is 0 Å². The number of fused-ring (bicyclic) bond motifs is 2. The average Bonchev–Trinajstić information content (AvgIpc) is 3.58. The van der Waals surface area contributed by atoms with Crippen molar-refractivity contribution in [1.82, 2.24) is 19.7 Å². The van der Waals surface area contributed by atoms with Crippen LogP contribution >= 0.6 is 0 Å². The van der Waals surface area contributed by atoms with E-state index in [1.807, 2.05) is 6.07 Å². The molecular formula is C28H19F2N5O3. The van der Waals surface area contributed by atoms with Crippen LogP contribution in [0.4, 0.5) is 14.5 Å². The standard InChI is InChI=1S/C28H19F2N5O3/c1-35-14-21(19-8-9-31-26(19)28(35)37)20-10-15(3-6-24(20)38-25-7-4-17(29)11-22(25)30)27(36)33-18-5-2-16-13-32-34-23(16)12-18/h2-14,31H,1H3,(H,32,34)(H,33,36). The molecule has 0 atom stereocenters. The molecule has 8 nitrogen and oxygen atoms in total. The lowest BCUT2D eigenvalue weighted by Gasteiger charge is -2.15. The number of anilines is 1. The van der Waals surface area contributed by atoms with Crippen LogP contribution in [0.3, 0.4) is 0 Å². The summed E-state index contributed by atoms with van der Waals surface area (Å²) in [5.74, 6) is -1.97. The summed E-state index contributed by atoms with van der Waals surface area (Å²) in [5, 5.41) is 11.2. The molecular weight excluding hydrogens is 492 g/mol. The van der Waals surface area contributed by atoms with Crippen molar-refractivity contribution in [3.8, 4) is 22.6 Å². The Labute approximate surface area is 213 Å². The molecule has 3 N–H and O–H groups in total. The number of hydrogen-bond donors (Lipinski definition) is 3. The first-order chi connectivity index (χ1) is 18.4. The number of pyridine rings is 1. The summed E-state index contributed by atoms with van der Waals surface area (Å²) in [4.78, 5) is 28.8. The van der Waals surface area contributed by atoms with Crippen molar-refractivity contribution in [2.75, 3.05) is 5.32 Å². The van der Waals surface area contributed by atoms with Crippen LogP contribution in [0.5, 0.6) is 11.5 Å². The highest BCUT2D eigenvalue weighted by atomic mass is 19.1. The summed E-state index contributed by atoms with van der Waals surface area (Å²) >= 11 is 0. The fourth-order valence-corrected chi connectivity index (χ4v) is 4.35. The van der Waals surface area contributed by atoms with Gasteiger partial charge in [-0.1, -0.05) is 0 Å². The van der Waals surface area contributed by atoms with E-state index in [2.05, 4.69) is 20.5 Å². The zero-order valence-corrected chi connectivity index (χ0v) is 19.9. The number of H-pyrrole nitrogens is 2. The number of halogens is 2. The molecule has 0 bridgehead atoms. The number of aromatic nitrogens is 4. The number of aromatic amines is 2. The lowest BCUT2D eigenvalue weighted by molar-refractivity contribution is 0.102. The molecule has 3 aromatic carbocycles. The molecule has 188 valence electrons. The number of nitrogens with one attached hydrogen (secondary N) is 3. The van der Waals surface area contributed by atoms with E-state index in [1.165, 1.54) is 16.7 Å². The minimum Gasteiger partial charge on any atom is -0.454 e. The Balaban J connectivity index is 1.46. The van der Waals surface area contributed by atoms with Gasteiger partial charge < -0.3 is 19.6 Å². The lowest BCUT2D eigenvalue weighted by Crippen LogP contribution is -2.16. The van der Waals surface area contributed by atoms with Crippen LogP contribution in [0.15, 0.2) is 84.0 Å². The van der Waals surface area contributed by atoms with Gasteiger partial charge in [0.25, 0.3) is 11.5 Å². The molecule has 0 spiro atoms. The number of nitrogens with zero attached hydrogens (tertiary/aromatic N) is 2. The Morgan fingerprint density at radius 1 is 1.00 bits per heavy atom. The molecule has 3 heterocycles. The Bertz CT molecular complexity index is 1920. The van der Waals surface area contributed by atoms with E-state index in [-0.39, 0.29) is 23.0 Å². The SMILES string of the molecule is Cn1cc(-c2cc(C(=O)Nc3ccc4cn[nH]c4c3)ccc2Oc2ccc(F)cc2F)c2cc[nH]c2c1=O. The number of ether oxygens (including phenoxy) is 1. The second kappa shape index (κ2) is 9.00. The average molecular weight is 511 g/mol. The molecule has 6 rings (SSSR count). The van der Waals surface area contributed by atoms with Crippen LogP contribution in [0.1, 0.15) is 10.4 Å². The largest absolute Gasteiger partial charge is 0.454 e. The third-order valence-corrected chi connectivity index (χ3v) is 6.24. The highest BCUT2D eigenvalue weighted by Gasteiger charge is 2.19. The van der Waals surface area contributed by atoms with Gasteiger partial charge in [0.1, 0.15) is 17.1 Å². The van der Waals surface area contributed by atoms with Gasteiger partial charge in [0.2, 0.25) is 0 Å². The quantitative estimate of drug-likeness (QED) is 0.275. The summed E-state index contributed by atoms with van der Waals surface area (Å²) in [6.45, 7) is 0. The normalized spacial score (nSPS) is 11.2. The van der Waals surface area contributed by atoms with Gasteiger partial charge in [-0.3, -0.25) is 14.7 Å². The number of amides is 1. The highest BCUT2D eigenvalue weighted by Crippen LogP contribution is 2.38. The van der Waals surface area contributed by atoms with Crippen LogP contribution in [-0.2, 0) is 7.05 Å². The Hall–Kier alpha value is -5.25. The second-order valence-corrected chi connectivity index (χ2v) is 8.74. The van der Waals surface area contributed by atoms with E-state index in [1.54, 1.807) is 56.0 Å². The third kappa shape index (κ3) is 4.07. The van der Waals surface area contributed by atoms with E-state index in [0.717, 1.165) is 23.0 Å². The second-order valence-electron chi connectivity index (χ2n) is 8.74. The highest BCUT2D eigenvalue weighted by molar-refractivity contribution is 6.07. The number of hydrogen-bond acceptors (Lipinski definition) is 4. The van der Waals surface area contributed by atoms with Crippen molar-refractivity contribution < 1.29 is 18.3 Å². The van der Waals surface area contributed by atoms with Gasteiger partial charge in [0.05, 0.1) is 11.7 Å². The monoisotopic (exact) mass is 511 g/mol. The van der Waals surface area contributed by atoms with Crippen LogP contribution in [0.2, 0.25) is 0 Å². The predicted molar refractivity (Wildman–Crippen MR) is 139 cm³/mol. The van der Waals surface area contributed by atoms with Gasteiger partial charge in [-0.05, 0) is 54.6 Å². The summed E-state index contributed by atoms with van der Waals surface area (Å²) in [6, 6.07) is 14.8. The number of benzene rings is 3. The van der Waals surface area contributed by atoms with Gasteiger partial charge in [0, 0.05) is 58.7 Å². The maximum absolute atomic E-state index is 14.4. The molecule has 0 aliphatic heterocycles. The maximum Gasteiger partial charge on any atom is 0.274 e. The summed E-state index contributed by atoms with van der Waals surface area (Å²) in [7, 11) is 1.61. The molecule has 0 aliphatic carbocycles. The molecule has 0 fully saturated rings. The Morgan fingerprint density at radius 3 is 2.68 bits per heavy atom. The van der Waals surface area contributed by atoms with Crippen LogP contribution in [0, 0.1) is 11.6 Å². The van der Waals surface area contributed by atoms with Gasteiger partial charge in [-0.15, -0.1) is 0 Å². The van der Waals surface area contributed by atoms with Crippen LogP contribution in [-0.4, -0.2) is 25.7 Å². The fourth-order valence-electron chi connectivity index (χ4n) is 4.35. The maximum atomic E-state index is 14.4. The predicted octanol–water partition coefficient (Wildman–Crippen LogP) is 5.73. The van der Waals surface area contributed by atoms with Crippen molar-refractivity contribution in [3.63, 3.8) is 0 Å². The van der Waals surface area contributed by atoms with Gasteiger partial charge in [-0.2, -0.15) is 5.10 Å². The van der Waals surface area contributed by atoms with E-state index in [0.29, 0.717) is 33.3 Å². The van der Waals surface area contributed by atoms with Gasteiger partial charge >= 0.3 is 0 Å². The Morgan fingerprint density at radius 2 is 1.84 bits per heavy atom. The van der Waals surface area contributed by atoms with Crippen molar-refractivity contribution in [1.29, 1.82) is 0 Å². The molecule has 0 unspecified atom stereocenters. The van der Waals surface area contributed by atoms with Gasteiger partial charge in [-0.25, -0.2) is 8.78 Å². The summed E-state index contributed by atoms with van der Waals surface area (Å²) in [5.41, 5.74) is 2.79. The summed E-state index contributed by atoms with van der Waals surface area (Å²) in [6.07, 6.45) is 4.94. The minimum absolute atomic E-state index is 0.187. The smallest absolute Gasteiger partial charge is 0.274 e. The van der Waals surface area contributed by atoms with Gasteiger partial charge in [0.15, 0.2) is 11.6 Å². The topological polar surface area (TPSA) is 105 Å². The molecule has 3 aromatic heterocycles. The third-order valence-electron chi connectivity index (χ3n) is 6.24. The van der Waals surface area contributed by atoms with Crippen LogP contribution < -0.4 is 15.6 Å². The van der Waals surface area contributed by atoms with Crippen molar-refractivity contribution in [2.24, 2.45) is 7.05 Å². The molecule has 6 aromatic rings. The molecule has 0 aliphatic rings. The molecule has 10 heteroatoms. The zero-order valence-electron chi connectivity index (χ0n) is 19.9. The molecule has 1 amide bonds. The zero-order chi connectivity index (χ0) is 26.4. The van der Waals surface area contributed by atoms with Crippen molar-refractivity contribution >= 4 is 33.4 Å². The number of aryl methyl sites for hydroxylation is 1. The molecule has 0 saturated heterocycles. The first-order valence-electron chi connectivity index (χ1n) is 11.6. The number of carbonyl (C=O) groups excluding carboxylic acids is 1. The molecule has 0 saturated carbocycles. The first-order valence-corrected chi connectivity index (χ1v) is 11.6. The lowest BCUT2D eigenvalue weighted by atomic mass is 10.00. The molecule has 38 heavy (non-hydrogen) atoms. The molecule has 0 radical (unpaired) electrons. The van der Waals surface area contributed by atoms with Crippen molar-refractivity contribution in [3.05, 3.63) is 107 Å². The van der Waals surface area contributed by atoms with Crippen LogP contribution in [0.25, 0.3) is 32.9 Å². The van der Waals surface area contributed by atoms with E-state index >= 15 is 0 Å². The number of carbonyl (C=O) groups is 1. The van der Waals surface area contributed by atoms with E-state index < -0.39 is 11.6 Å². The first kappa shape index (κ1) is 23.2. The van der Waals surface area contributed by atoms with E-state index in [4.69, 9.17) is 4.74 Å². The fraction of sp³-hybridized carbons (Fsp3) is 0.0357. The number of rotatable bonds is 5. The Kier molecular flexibility index (Phi) is 5.49.